The van der Waals surface area contributed by atoms with Crippen LogP contribution in [0.25, 0.3) is 10.9 Å². The fourth-order valence-corrected chi connectivity index (χ4v) is 3.40. The van der Waals surface area contributed by atoms with Gasteiger partial charge >= 0.3 is 6.18 Å². The number of rotatable bonds is 4. The number of hydrogen-bond acceptors (Lipinski definition) is 4. The minimum Gasteiger partial charge on any atom is -0.438 e. The van der Waals surface area contributed by atoms with Gasteiger partial charge in [0.25, 0.3) is 0 Å². The third kappa shape index (κ3) is 3.28. The molecular formula is C18H12F3N3OS. The minimum absolute atomic E-state index is 0.310. The van der Waals surface area contributed by atoms with Gasteiger partial charge in [0.2, 0.25) is 5.88 Å². The van der Waals surface area contributed by atoms with E-state index in [1.807, 2.05) is 41.1 Å². The molecule has 4 nitrogen and oxygen atoms in total. The molecule has 0 saturated heterocycles. The van der Waals surface area contributed by atoms with Gasteiger partial charge in [-0.05, 0) is 24.3 Å². The molecule has 3 aromatic heterocycles. The molecule has 0 aliphatic carbocycles. The van der Waals surface area contributed by atoms with Crippen LogP contribution in [0.15, 0.2) is 61.1 Å². The summed E-state index contributed by atoms with van der Waals surface area (Å²) in [7, 11) is 0. The lowest BCUT2D eigenvalue weighted by atomic mass is 10.2. The van der Waals surface area contributed by atoms with Crippen LogP contribution in [-0.4, -0.2) is 14.5 Å². The van der Waals surface area contributed by atoms with E-state index in [2.05, 4.69) is 9.97 Å². The Bertz CT molecular complexity index is 1040. The maximum Gasteiger partial charge on any atom is 0.443 e. The molecule has 26 heavy (non-hydrogen) atoms. The molecule has 1 aromatic carbocycles. The van der Waals surface area contributed by atoms with Gasteiger partial charge < -0.3 is 9.30 Å². The van der Waals surface area contributed by atoms with Crippen LogP contribution < -0.4 is 4.74 Å². The van der Waals surface area contributed by atoms with Crippen molar-refractivity contribution in [2.24, 2.45) is 0 Å². The van der Waals surface area contributed by atoms with Gasteiger partial charge in [-0.1, -0.05) is 12.1 Å². The summed E-state index contributed by atoms with van der Waals surface area (Å²) in [6.45, 7) is 0.310. The number of fused-ring (bicyclic) bond motifs is 1. The molecule has 0 N–H and O–H groups in total. The first-order valence-corrected chi connectivity index (χ1v) is 8.51. The number of ether oxygens (including phenoxy) is 1. The van der Waals surface area contributed by atoms with Crippen LogP contribution in [0.4, 0.5) is 13.2 Å². The highest BCUT2D eigenvalue weighted by atomic mass is 32.1. The van der Waals surface area contributed by atoms with Crippen molar-refractivity contribution >= 4 is 22.2 Å². The van der Waals surface area contributed by atoms with Crippen LogP contribution in [0.2, 0.25) is 0 Å². The lowest BCUT2D eigenvalue weighted by Crippen LogP contribution is -2.02. The van der Waals surface area contributed by atoms with Crippen molar-refractivity contribution in [1.82, 2.24) is 14.5 Å². The molecule has 132 valence electrons. The number of benzene rings is 1. The standard InChI is InChI=1S/C18H12F3N3OS/c19-18(20,21)17-23-10-12(26-17)11-24-9-7-13-14(24)4-3-5-15(13)25-16-6-1-2-8-22-16/h1-10H,11H2. The van der Waals surface area contributed by atoms with E-state index in [1.54, 1.807) is 18.3 Å². The van der Waals surface area contributed by atoms with Crippen molar-refractivity contribution in [2.75, 3.05) is 0 Å². The first-order valence-electron chi connectivity index (χ1n) is 7.69. The number of alkyl halides is 3. The predicted molar refractivity (Wildman–Crippen MR) is 92.5 cm³/mol. The van der Waals surface area contributed by atoms with Gasteiger partial charge in [0.15, 0.2) is 5.01 Å². The number of nitrogens with zero attached hydrogens (tertiary/aromatic N) is 3. The third-order valence-electron chi connectivity index (χ3n) is 3.75. The Kier molecular flexibility index (Phi) is 4.12. The summed E-state index contributed by atoms with van der Waals surface area (Å²) in [6.07, 6.45) is 0.324. The Morgan fingerprint density at radius 2 is 1.92 bits per heavy atom. The molecule has 4 rings (SSSR count). The summed E-state index contributed by atoms with van der Waals surface area (Å²) in [6, 6.07) is 12.8. The molecule has 0 aliphatic heterocycles. The minimum atomic E-state index is -4.41. The van der Waals surface area contributed by atoms with Gasteiger partial charge in [0.05, 0.1) is 12.1 Å². The monoisotopic (exact) mass is 375 g/mol. The van der Waals surface area contributed by atoms with Crippen molar-refractivity contribution in [1.29, 1.82) is 0 Å². The summed E-state index contributed by atoms with van der Waals surface area (Å²) in [5.41, 5.74) is 0.861. The number of pyridine rings is 1. The zero-order chi connectivity index (χ0) is 18.1. The van der Waals surface area contributed by atoms with E-state index in [9.17, 15) is 13.2 Å². The van der Waals surface area contributed by atoms with Crippen LogP contribution in [0.3, 0.4) is 0 Å². The van der Waals surface area contributed by atoms with Crippen molar-refractivity contribution in [3.05, 3.63) is 70.9 Å². The highest BCUT2D eigenvalue weighted by molar-refractivity contribution is 7.11. The van der Waals surface area contributed by atoms with Crippen LogP contribution in [-0.2, 0) is 12.7 Å². The lowest BCUT2D eigenvalue weighted by molar-refractivity contribution is -0.137. The highest BCUT2D eigenvalue weighted by Crippen LogP contribution is 2.34. The molecule has 0 unspecified atom stereocenters. The Hall–Kier alpha value is -2.87. The zero-order valence-electron chi connectivity index (χ0n) is 13.3. The molecule has 0 radical (unpaired) electrons. The third-order valence-corrected chi connectivity index (χ3v) is 4.78. The van der Waals surface area contributed by atoms with Gasteiger partial charge in [0.1, 0.15) is 5.75 Å². The topological polar surface area (TPSA) is 39.9 Å². The fraction of sp³-hybridized carbons (Fsp3) is 0.111. The highest BCUT2D eigenvalue weighted by Gasteiger charge is 2.34. The van der Waals surface area contributed by atoms with Gasteiger partial charge in [-0.3, -0.25) is 0 Å². The van der Waals surface area contributed by atoms with Crippen LogP contribution >= 0.6 is 11.3 Å². The van der Waals surface area contributed by atoms with Crippen LogP contribution in [0.1, 0.15) is 9.88 Å². The molecule has 0 saturated carbocycles. The Morgan fingerprint density at radius 1 is 1.04 bits per heavy atom. The second kappa shape index (κ2) is 6.45. The maximum atomic E-state index is 12.7. The Balaban J connectivity index is 1.63. The molecule has 8 heteroatoms. The van der Waals surface area contributed by atoms with Gasteiger partial charge in [-0.25, -0.2) is 9.97 Å². The zero-order valence-corrected chi connectivity index (χ0v) is 14.1. The van der Waals surface area contributed by atoms with Crippen LogP contribution in [0, 0.1) is 0 Å². The number of halogens is 3. The van der Waals surface area contributed by atoms with E-state index in [1.165, 1.54) is 6.20 Å². The van der Waals surface area contributed by atoms with Crippen molar-refractivity contribution < 1.29 is 17.9 Å². The fourth-order valence-electron chi connectivity index (χ4n) is 2.62. The van der Waals surface area contributed by atoms with Gasteiger partial charge in [-0.15, -0.1) is 11.3 Å². The molecule has 0 spiro atoms. The van der Waals surface area contributed by atoms with E-state index in [4.69, 9.17) is 4.74 Å². The van der Waals surface area contributed by atoms with E-state index in [-0.39, 0.29) is 0 Å². The second-order valence-corrected chi connectivity index (χ2v) is 6.65. The first-order chi connectivity index (χ1) is 12.5. The molecular weight excluding hydrogens is 363 g/mol. The average Bonchev–Trinajstić information content (AvgIpc) is 3.24. The summed E-state index contributed by atoms with van der Waals surface area (Å²) in [5.74, 6) is 1.12. The number of hydrogen-bond donors (Lipinski definition) is 0. The Morgan fingerprint density at radius 3 is 2.65 bits per heavy atom. The largest absolute Gasteiger partial charge is 0.443 e. The van der Waals surface area contributed by atoms with E-state index in [0.29, 0.717) is 34.4 Å². The maximum absolute atomic E-state index is 12.7. The van der Waals surface area contributed by atoms with Crippen molar-refractivity contribution in [3.8, 4) is 11.6 Å². The summed E-state index contributed by atoms with van der Waals surface area (Å²) in [4.78, 5) is 8.14. The molecule has 0 bridgehead atoms. The SMILES string of the molecule is FC(F)(F)c1ncc(Cn2ccc3c(Oc4ccccn4)cccc32)s1. The van der Waals surface area contributed by atoms with E-state index >= 15 is 0 Å². The van der Waals surface area contributed by atoms with Crippen molar-refractivity contribution in [2.45, 2.75) is 12.7 Å². The van der Waals surface area contributed by atoms with Gasteiger partial charge in [-0.2, -0.15) is 13.2 Å². The summed E-state index contributed by atoms with van der Waals surface area (Å²) >= 11 is 0.655. The molecule has 0 amide bonds. The summed E-state index contributed by atoms with van der Waals surface area (Å²) in [5, 5.41) is 0.0295. The first kappa shape index (κ1) is 16.6. The van der Waals surface area contributed by atoms with Crippen LogP contribution in [0.5, 0.6) is 11.6 Å². The number of thiazole rings is 1. The summed E-state index contributed by atoms with van der Waals surface area (Å²) < 4.78 is 45.8. The lowest BCUT2D eigenvalue weighted by Gasteiger charge is -2.07. The molecule has 3 heterocycles. The second-order valence-electron chi connectivity index (χ2n) is 5.53. The smallest absolute Gasteiger partial charge is 0.438 e. The molecule has 4 aromatic rings. The molecule has 0 aliphatic rings. The van der Waals surface area contributed by atoms with Crippen molar-refractivity contribution in [3.63, 3.8) is 0 Å². The van der Waals surface area contributed by atoms with E-state index in [0.717, 1.165) is 10.9 Å². The number of aromatic nitrogens is 3. The normalized spacial score (nSPS) is 11.8. The average molecular weight is 375 g/mol. The van der Waals surface area contributed by atoms with E-state index < -0.39 is 11.2 Å². The molecule has 0 fully saturated rings. The predicted octanol–water partition coefficient (Wildman–Crippen LogP) is 5.35. The molecule has 0 atom stereocenters. The Labute approximate surface area is 150 Å². The quantitative estimate of drug-likeness (QED) is 0.483. The van der Waals surface area contributed by atoms with Gasteiger partial charge in [0, 0.05) is 34.9 Å².